The summed E-state index contributed by atoms with van der Waals surface area (Å²) in [6.07, 6.45) is 0.807. The number of hydrogen-bond donors (Lipinski definition) is 1. The molecule has 0 amide bonds. The van der Waals surface area contributed by atoms with Gasteiger partial charge in [-0.2, -0.15) is 0 Å². The van der Waals surface area contributed by atoms with Crippen molar-refractivity contribution < 1.29 is 19.4 Å². The maximum Gasteiger partial charge on any atom is 0.345 e. The number of ether oxygens (including phenoxy) is 2. The number of aromatic nitrogens is 1. The number of morpholine rings is 1. The molecule has 7 heteroatoms. The molecular formula is C15H16N2O4S. The van der Waals surface area contributed by atoms with E-state index in [4.69, 9.17) is 14.5 Å². The van der Waals surface area contributed by atoms with Crippen LogP contribution in [0.1, 0.15) is 20.8 Å². The van der Waals surface area contributed by atoms with Gasteiger partial charge in [-0.25, -0.2) is 9.78 Å². The topological polar surface area (TPSA) is 71.9 Å². The number of thiophene rings is 1. The highest BCUT2D eigenvalue weighted by molar-refractivity contribution is 7.20. The number of carboxylic acid groups (broad SMARTS) is 1. The van der Waals surface area contributed by atoms with Gasteiger partial charge in [-0.1, -0.05) is 0 Å². The molecule has 0 saturated carbocycles. The molecule has 6 nitrogen and oxygen atoms in total. The van der Waals surface area contributed by atoms with Crippen molar-refractivity contribution in [3.05, 3.63) is 22.1 Å². The molecule has 22 heavy (non-hydrogen) atoms. The highest BCUT2D eigenvalue weighted by atomic mass is 32.1. The van der Waals surface area contributed by atoms with Crippen LogP contribution in [-0.4, -0.2) is 49.0 Å². The third kappa shape index (κ3) is 2.25. The molecule has 0 bridgehead atoms. The maximum atomic E-state index is 11.3. The summed E-state index contributed by atoms with van der Waals surface area (Å²) < 4.78 is 11.0. The Morgan fingerprint density at radius 3 is 2.82 bits per heavy atom. The van der Waals surface area contributed by atoms with Crippen molar-refractivity contribution in [2.24, 2.45) is 0 Å². The molecule has 1 saturated heterocycles. The minimum absolute atomic E-state index is 0.343. The summed E-state index contributed by atoms with van der Waals surface area (Å²) in [7, 11) is 0. The smallest absolute Gasteiger partial charge is 0.345 e. The number of nitrogens with zero attached hydrogens (tertiary/aromatic N) is 2. The van der Waals surface area contributed by atoms with Crippen LogP contribution < -0.4 is 4.90 Å². The fraction of sp³-hybridized carbons (Fsp3) is 0.467. The van der Waals surface area contributed by atoms with Gasteiger partial charge in [0.05, 0.1) is 26.4 Å². The second-order valence-electron chi connectivity index (χ2n) is 5.43. The molecule has 0 unspecified atom stereocenters. The number of rotatable bonds is 2. The molecule has 1 N–H and O–H groups in total. The van der Waals surface area contributed by atoms with Crippen LogP contribution in [0, 0.1) is 0 Å². The van der Waals surface area contributed by atoms with E-state index in [1.807, 2.05) is 0 Å². The SMILES string of the molecule is O=C(O)c1cc2c3c(c(N4CCOCC4)nc2s1)COCC3. The lowest BCUT2D eigenvalue weighted by molar-refractivity contribution is 0.0702. The zero-order chi connectivity index (χ0) is 15.1. The summed E-state index contributed by atoms with van der Waals surface area (Å²) in [4.78, 5) is 19.4. The monoisotopic (exact) mass is 320 g/mol. The molecule has 2 aromatic rings. The predicted octanol–water partition coefficient (Wildman–Crippen LogP) is 1.90. The Bertz CT molecular complexity index is 737. The van der Waals surface area contributed by atoms with Gasteiger partial charge in [-0.05, 0) is 18.1 Å². The zero-order valence-corrected chi connectivity index (χ0v) is 12.8. The summed E-state index contributed by atoms with van der Waals surface area (Å²) in [5.74, 6) is 0.0426. The van der Waals surface area contributed by atoms with Crippen molar-refractivity contribution >= 4 is 33.3 Å². The third-order valence-corrected chi connectivity index (χ3v) is 5.16. The molecule has 0 spiro atoms. The molecule has 0 aliphatic carbocycles. The van der Waals surface area contributed by atoms with Gasteiger partial charge in [-0.15, -0.1) is 11.3 Å². The molecule has 2 aromatic heterocycles. The number of pyridine rings is 1. The minimum Gasteiger partial charge on any atom is -0.477 e. The Morgan fingerprint density at radius 2 is 2.05 bits per heavy atom. The standard InChI is InChI=1S/C15H16N2O4S/c18-15(19)12-7-10-9-1-4-21-8-11(9)13(16-14(10)22-12)17-2-5-20-6-3-17/h7H,1-6,8H2,(H,18,19). The largest absolute Gasteiger partial charge is 0.477 e. The van der Waals surface area contributed by atoms with Gasteiger partial charge < -0.3 is 19.5 Å². The van der Waals surface area contributed by atoms with Crippen LogP contribution in [0.2, 0.25) is 0 Å². The minimum atomic E-state index is -0.892. The highest BCUT2D eigenvalue weighted by Gasteiger charge is 2.25. The Labute approximate surface area is 131 Å². The summed E-state index contributed by atoms with van der Waals surface area (Å²) in [6, 6.07) is 1.75. The van der Waals surface area contributed by atoms with Crippen LogP contribution in [0.25, 0.3) is 10.2 Å². The first-order valence-corrected chi connectivity index (χ1v) is 8.14. The Balaban J connectivity index is 1.90. The van der Waals surface area contributed by atoms with E-state index in [0.717, 1.165) is 41.1 Å². The first-order valence-electron chi connectivity index (χ1n) is 7.33. The predicted molar refractivity (Wildman–Crippen MR) is 83.0 cm³/mol. The molecule has 0 atom stereocenters. The van der Waals surface area contributed by atoms with Crippen molar-refractivity contribution in [1.29, 1.82) is 0 Å². The molecule has 116 valence electrons. The van der Waals surface area contributed by atoms with Crippen LogP contribution in [0.4, 0.5) is 5.82 Å². The normalized spacial score (nSPS) is 18.5. The molecule has 1 fully saturated rings. The second kappa shape index (κ2) is 5.49. The van der Waals surface area contributed by atoms with E-state index in [1.54, 1.807) is 6.07 Å². The zero-order valence-electron chi connectivity index (χ0n) is 12.0. The summed E-state index contributed by atoms with van der Waals surface area (Å²) >= 11 is 1.25. The van der Waals surface area contributed by atoms with Gasteiger partial charge in [0.1, 0.15) is 15.5 Å². The summed E-state index contributed by atoms with van der Waals surface area (Å²) in [6.45, 7) is 4.22. The van der Waals surface area contributed by atoms with Gasteiger partial charge >= 0.3 is 5.97 Å². The van der Waals surface area contributed by atoms with E-state index in [0.29, 0.717) is 31.3 Å². The lowest BCUT2D eigenvalue weighted by atomic mass is 10.0. The van der Waals surface area contributed by atoms with Crippen molar-refractivity contribution in [1.82, 2.24) is 4.98 Å². The Kier molecular flexibility index (Phi) is 3.48. The van der Waals surface area contributed by atoms with Crippen LogP contribution in [0.3, 0.4) is 0 Å². The van der Waals surface area contributed by atoms with Gasteiger partial charge in [0.2, 0.25) is 0 Å². The van der Waals surface area contributed by atoms with E-state index in [2.05, 4.69) is 4.90 Å². The van der Waals surface area contributed by atoms with Crippen molar-refractivity contribution in [3.8, 4) is 0 Å². The molecule has 4 heterocycles. The van der Waals surface area contributed by atoms with Gasteiger partial charge in [0.15, 0.2) is 0 Å². The fourth-order valence-corrected chi connectivity index (χ4v) is 3.97. The molecule has 2 aliphatic heterocycles. The van der Waals surface area contributed by atoms with Crippen LogP contribution in [0.5, 0.6) is 0 Å². The average Bonchev–Trinajstić information content (AvgIpc) is 2.99. The number of aromatic carboxylic acids is 1. The third-order valence-electron chi connectivity index (χ3n) is 4.14. The number of anilines is 1. The fourth-order valence-electron chi connectivity index (χ4n) is 3.07. The van der Waals surface area contributed by atoms with Crippen LogP contribution in [0.15, 0.2) is 6.07 Å². The molecule has 0 radical (unpaired) electrons. The number of hydrogen-bond acceptors (Lipinski definition) is 6. The van der Waals surface area contributed by atoms with E-state index in [9.17, 15) is 9.90 Å². The van der Waals surface area contributed by atoms with Gasteiger partial charge in [-0.3, -0.25) is 0 Å². The number of fused-ring (bicyclic) bond motifs is 3. The quantitative estimate of drug-likeness (QED) is 0.911. The average molecular weight is 320 g/mol. The molecular weight excluding hydrogens is 304 g/mol. The highest BCUT2D eigenvalue weighted by Crippen LogP contribution is 2.36. The molecule has 0 aromatic carbocycles. The lowest BCUT2D eigenvalue weighted by Crippen LogP contribution is -2.38. The molecule has 2 aliphatic rings. The Morgan fingerprint density at radius 1 is 1.23 bits per heavy atom. The number of carboxylic acids is 1. The van der Waals surface area contributed by atoms with Crippen molar-refractivity contribution in [2.75, 3.05) is 37.8 Å². The Hall–Kier alpha value is -1.70. The number of carbonyl (C=O) groups is 1. The van der Waals surface area contributed by atoms with Crippen molar-refractivity contribution in [3.63, 3.8) is 0 Å². The molecule has 4 rings (SSSR count). The van der Waals surface area contributed by atoms with E-state index < -0.39 is 5.97 Å². The van der Waals surface area contributed by atoms with Gasteiger partial charge in [0, 0.05) is 24.0 Å². The maximum absolute atomic E-state index is 11.3. The van der Waals surface area contributed by atoms with E-state index in [1.165, 1.54) is 16.9 Å². The second-order valence-corrected chi connectivity index (χ2v) is 6.46. The van der Waals surface area contributed by atoms with Crippen molar-refractivity contribution in [2.45, 2.75) is 13.0 Å². The van der Waals surface area contributed by atoms with Crippen LogP contribution in [-0.2, 0) is 22.5 Å². The van der Waals surface area contributed by atoms with E-state index in [-0.39, 0.29) is 0 Å². The lowest BCUT2D eigenvalue weighted by Gasteiger charge is -2.31. The summed E-state index contributed by atoms with van der Waals surface area (Å²) in [5.41, 5.74) is 2.30. The van der Waals surface area contributed by atoms with Gasteiger partial charge in [0.25, 0.3) is 0 Å². The van der Waals surface area contributed by atoms with E-state index >= 15 is 0 Å². The van der Waals surface area contributed by atoms with Crippen LogP contribution >= 0.6 is 11.3 Å². The summed E-state index contributed by atoms with van der Waals surface area (Å²) in [5, 5.41) is 10.2. The first kappa shape index (κ1) is 13.9. The first-order chi connectivity index (χ1) is 10.7.